The summed E-state index contributed by atoms with van der Waals surface area (Å²) >= 11 is 6.13. The van der Waals surface area contributed by atoms with Crippen molar-refractivity contribution in [3.8, 4) is 0 Å². The third kappa shape index (κ3) is 6.84. The van der Waals surface area contributed by atoms with Crippen LogP contribution in [0.4, 0.5) is 5.69 Å². The quantitative estimate of drug-likeness (QED) is 0.672. The highest BCUT2D eigenvalue weighted by Gasteiger charge is 2.04. The molecule has 0 atom stereocenters. The lowest BCUT2D eigenvalue weighted by molar-refractivity contribution is 0.275. The van der Waals surface area contributed by atoms with E-state index in [1.165, 1.54) is 38.8 Å². The highest BCUT2D eigenvalue weighted by molar-refractivity contribution is 6.33. The van der Waals surface area contributed by atoms with Crippen molar-refractivity contribution in [1.82, 2.24) is 4.90 Å². The van der Waals surface area contributed by atoms with Gasteiger partial charge in [0.2, 0.25) is 0 Å². The molecule has 3 heteroatoms. The summed E-state index contributed by atoms with van der Waals surface area (Å²) in [7, 11) is 0. The Morgan fingerprint density at radius 2 is 1.63 bits per heavy atom. The number of hydrogen-bond donors (Lipinski definition) is 1. The van der Waals surface area contributed by atoms with E-state index < -0.39 is 0 Å². The lowest BCUT2D eigenvalue weighted by Crippen LogP contribution is -2.31. The van der Waals surface area contributed by atoms with Gasteiger partial charge in [0, 0.05) is 13.1 Å². The van der Waals surface area contributed by atoms with Crippen LogP contribution < -0.4 is 5.32 Å². The third-order valence-corrected chi connectivity index (χ3v) is 3.60. The Morgan fingerprint density at radius 1 is 1.00 bits per heavy atom. The molecule has 0 spiro atoms. The molecule has 0 amide bonds. The van der Waals surface area contributed by atoms with Gasteiger partial charge in [-0.05, 0) is 38.1 Å². The van der Waals surface area contributed by atoms with Gasteiger partial charge in [-0.25, -0.2) is 0 Å². The molecule has 0 aromatic heterocycles. The predicted molar refractivity (Wildman–Crippen MR) is 86.2 cm³/mol. The van der Waals surface area contributed by atoms with Gasteiger partial charge in [-0.3, -0.25) is 0 Å². The highest BCUT2D eigenvalue weighted by atomic mass is 35.5. The van der Waals surface area contributed by atoms with Crippen molar-refractivity contribution in [2.24, 2.45) is 0 Å². The number of para-hydroxylation sites is 1. The van der Waals surface area contributed by atoms with E-state index in [1.807, 2.05) is 24.3 Å². The molecule has 1 N–H and O–H groups in total. The fourth-order valence-corrected chi connectivity index (χ4v) is 2.25. The second-order valence-electron chi connectivity index (χ2n) is 4.96. The SMILES string of the molecule is CCCCN(CCCC)CCNc1ccccc1Cl. The number of halogens is 1. The molecule has 0 bridgehead atoms. The second-order valence-corrected chi connectivity index (χ2v) is 5.36. The summed E-state index contributed by atoms with van der Waals surface area (Å²) in [6, 6.07) is 7.93. The number of anilines is 1. The van der Waals surface area contributed by atoms with E-state index in [9.17, 15) is 0 Å². The average molecular weight is 283 g/mol. The van der Waals surface area contributed by atoms with Crippen LogP contribution in [-0.2, 0) is 0 Å². The Kier molecular flexibility index (Phi) is 8.68. The van der Waals surface area contributed by atoms with Crippen molar-refractivity contribution in [1.29, 1.82) is 0 Å². The van der Waals surface area contributed by atoms with Gasteiger partial charge in [0.1, 0.15) is 0 Å². The Balaban J connectivity index is 2.32. The first-order valence-electron chi connectivity index (χ1n) is 7.48. The molecule has 0 aliphatic rings. The molecule has 108 valence electrons. The number of nitrogens with zero attached hydrogens (tertiary/aromatic N) is 1. The van der Waals surface area contributed by atoms with Crippen LogP contribution in [0.25, 0.3) is 0 Å². The summed E-state index contributed by atoms with van der Waals surface area (Å²) < 4.78 is 0. The van der Waals surface area contributed by atoms with Crippen LogP contribution in [0.1, 0.15) is 39.5 Å². The first kappa shape index (κ1) is 16.3. The summed E-state index contributed by atoms with van der Waals surface area (Å²) in [4.78, 5) is 2.55. The maximum atomic E-state index is 6.13. The molecule has 1 aromatic rings. The molecule has 0 aliphatic heterocycles. The molecule has 0 heterocycles. The van der Waals surface area contributed by atoms with Gasteiger partial charge in [0.15, 0.2) is 0 Å². The number of nitrogens with one attached hydrogen (secondary N) is 1. The molecule has 0 radical (unpaired) electrons. The Hall–Kier alpha value is -0.730. The molecule has 0 aliphatic carbocycles. The summed E-state index contributed by atoms with van der Waals surface area (Å²) in [5, 5.41) is 4.22. The third-order valence-electron chi connectivity index (χ3n) is 3.27. The van der Waals surface area contributed by atoms with Crippen LogP contribution in [0.2, 0.25) is 5.02 Å². The van der Waals surface area contributed by atoms with Crippen molar-refractivity contribution in [2.75, 3.05) is 31.5 Å². The van der Waals surface area contributed by atoms with E-state index in [0.29, 0.717) is 0 Å². The van der Waals surface area contributed by atoms with Gasteiger partial charge < -0.3 is 10.2 Å². The maximum Gasteiger partial charge on any atom is 0.0637 e. The molecule has 2 nitrogen and oxygen atoms in total. The fraction of sp³-hybridized carbons (Fsp3) is 0.625. The summed E-state index contributed by atoms with van der Waals surface area (Å²) in [5.41, 5.74) is 1.04. The van der Waals surface area contributed by atoms with Crippen LogP contribution in [0.3, 0.4) is 0 Å². The fourth-order valence-electron chi connectivity index (χ4n) is 2.05. The van der Waals surface area contributed by atoms with Gasteiger partial charge in [0.05, 0.1) is 10.7 Å². The standard InChI is InChI=1S/C16H27ClN2/c1-3-5-12-19(13-6-4-2)14-11-18-16-10-8-7-9-15(16)17/h7-10,18H,3-6,11-14H2,1-2H3. The smallest absolute Gasteiger partial charge is 0.0637 e. The molecule has 0 saturated heterocycles. The van der Waals surface area contributed by atoms with E-state index in [2.05, 4.69) is 24.1 Å². The monoisotopic (exact) mass is 282 g/mol. The molecule has 1 rings (SSSR count). The molecule has 0 unspecified atom stereocenters. The molecular weight excluding hydrogens is 256 g/mol. The Bertz CT molecular complexity index is 333. The van der Waals surface area contributed by atoms with E-state index in [1.54, 1.807) is 0 Å². The zero-order valence-corrected chi connectivity index (χ0v) is 13.0. The topological polar surface area (TPSA) is 15.3 Å². The van der Waals surface area contributed by atoms with Gasteiger partial charge in [-0.1, -0.05) is 50.4 Å². The van der Waals surface area contributed by atoms with Crippen molar-refractivity contribution in [3.63, 3.8) is 0 Å². The van der Waals surface area contributed by atoms with E-state index in [4.69, 9.17) is 11.6 Å². The number of hydrogen-bond acceptors (Lipinski definition) is 2. The van der Waals surface area contributed by atoms with Crippen molar-refractivity contribution >= 4 is 17.3 Å². The van der Waals surface area contributed by atoms with Gasteiger partial charge in [0.25, 0.3) is 0 Å². The van der Waals surface area contributed by atoms with Crippen LogP contribution in [0, 0.1) is 0 Å². The summed E-state index contributed by atoms with van der Waals surface area (Å²) in [5.74, 6) is 0. The van der Waals surface area contributed by atoms with Crippen molar-refractivity contribution < 1.29 is 0 Å². The molecule has 0 saturated carbocycles. The minimum atomic E-state index is 0.802. The first-order valence-corrected chi connectivity index (χ1v) is 7.86. The normalized spacial score (nSPS) is 10.9. The van der Waals surface area contributed by atoms with Crippen LogP contribution in [0.5, 0.6) is 0 Å². The molecule has 1 aromatic carbocycles. The van der Waals surface area contributed by atoms with E-state index in [0.717, 1.165) is 23.8 Å². The van der Waals surface area contributed by atoms with E-state index >= 15 is 0 Å². The predicted octanol–water partition coefficient (Wildman–Crippen LogP) is 4.65. The Morgan fingerprint density at radius 3 is 2.21 bits per heavy atom. The zero-order valence-electron chi connectivity index (χ0n) is 12.3. The molecule has 0 fully saturated rings. The number of rotatable bonds is 10. The van der Waals surface area contributed by atoms with Gasteiger partial charge in [-0.15, -0.1) is 0 Å². The van der Waals surface area contributed by atoms with Crippen molar-refractivity contribution in [2.45, 2.75) is 39.5 Å². The lowest BCUT2D eigenvalue weighted by atomic mass is 10.2. The minimum absolute atomic E-state index is 0.802. The summed E-state index contributed by atoms with van der Waals surface area (Å²) in [6.07, 6.45) is 5.10. The van der Waals surface area contributed by atoms with Crippen LogP contribution in [0.15, 0.2) is 24.3 Å². The van der Waals surface area contributed by atoms with Gasteiger partial charge in [-0.2, -0.15) is 0 Å². The lowest BCUT2D eigenvalue weighted by Gasteiger charge is -2.22. The summed E-state index contributed by atoms with van der Waals surface area (Å²) in [6.45, 7) is 8.96. The second kappa shape index (κ2) is 10.1. The Labute approximate surface area is 123 Å². The number of benzene rings is 1. The maximum absolute atomic E-state index is 6.13. The van der Waals surface area contributed by atoms with Crippen LogP contribution >= 0.6 is 11.6 Å². The largest absolute Gasteiger partial charge is 0.383 e. The molecular formula is C16H27ClN2. The van der Waals surface area contributed by atoms with Crippen LogP contribution in [-0.4, -0.2) is 31.1 Å². The zero-order chi connectivity index (χ0) is 13.9. The minimum Gasteiger partial charge on any atom is -0.383 e. The number of unbranched alkanes of at least 4 members (excludes halogenated alkanes) is 2. The van der Waals surface area contributed by atoms with E-state index in [-0.39, 0.29) is 0 Å². The van der Waals surface area contributed by atoms with Gasteiger partial charge >= 0.3 is 0 Å². The van der Waals surface area contributed by atoms with Crippen molar-refractivity contribution in [3.05, 3.63) is 29.3 Å². The highest BCUT2D eigenvalue weighted by Crippen LogP contribution is 2.19. The molecule has 19 heavy (non-hydrogen) atoms. The first-order chi connectivity index (χ1) is 9.27. The average Bonchev–Trinajstić information content (AvgIpc) is 2.43.